The van der Waals surface area contributed by atoms with Crippen LogP contribution in [0.5, 0.6) is 0 Å². The molecular weight excluding hydrogens is 346 g/mol. The molecule has 0 spiro atoms. The van der Waals surface area contributed by atoms with Gasteiger partial charge >= 0.3 is 12.1 Å². The number of methoxy groups -OCH3 is 1. The highest BCUT2D eigenvalue weighted by molar-refractivity contribution is 5.74. The predicted octanol–water partition coefficient (Wildman–Crippen LogP) is 3.82. The SMILES string of the molecule is COC(=O)CC(NC(=O)OC(C)(C)C)c1cccc(-c2c(C)n[nH]c2C)c1. The number of aryl methyl sites for hydroxylation is 2. The Morgan fingerprint density at radius 2 is 1.96 bits per heavy atom. The second kappa shape index (κ2) is 8.24. The van der Waals surface area contributed by atoms with Gasteiger partial charge in [-0.2, -0.15) is 5.10 Å². The summed E-state index contributed by atoms with van der Waals surface area (Å²) in [6.07, 6.45) is -0.583. The van der Waals surface area contributed by atoms with Crippen LogP contribution in [0.2, 0.25) is 0 Å². The van der Waals surface area contributed by atoms with Crippen molar-refractivity contribution in [1.82, 2.24) is 15.5 Å². The van der Waals surface area contributed by atoms with Crippen molar-refractivity contribution in [2.45, 2.75) is 52.7 Å². The van der Waals surface area contributed by atoms with E-state index in [2.05, 4.69) is 15.5 Å². The first-order valence-electron chi connectivity index (χ1n) is 8.79. The third-order valence-corrected chi connectivity index (χ3v) is 4.00. The quantitative estimate of drug-likeness (QED) is 0.777. The number of rotatable bonds is 5. The number of alkyl carbamates (subject to hydrolysis) is 1. The van der Waals surface area contributed by atoms with Gasteiger partial charge in [-0.3, -0.25) is 9.89 Å². The normalized spacial score (nSPS) is 12.4. The van der Waals surface area contributed by atoms with E-state index in [0.29, 0.717) is 0 Å². The molecule has 2 rings (SSSR count). The summed E-state index contributed by atoms with van der Waals surface area (Å²) in [5.74, 6) is -0.419. The van der Waals surface area contributed by atoms with Crippen LogP contribution in [-0.2, 0) is 14.3 Å². The van der Waals surface area contributed by atoms with Crippen molar-refractivity contribution in [2.75, 3.05) is 7.11 Å². The van der Waals surface area contributed by atoms with Crippen molar-refractivity contribution in [3.8, 4) is 11.1 Å². The van der Waals surface area contributed by atoms with Crippen molar-refractivity contribution in [1.29, 1.82) is 0 Å². The highest BCUT2D eigenvalue weighted by atomic mass is 16.6. The summed E-state index contributed by atoms with van der Waals surface area (Å²) < 4.78 is 10.1. The van der Waals surface area contributed by atoms with Gasteiger partial charge in [0.1, 0.15) is 5.60 Å². The molecule has 2 aromatic rings. The number of amides is 1. The summed E-state index contributed by atoms with van der Waals surface area (Å²) >= 11 is 0. The van der Waals surface area contributed by atoms with E-state index >= 15 is 0 Å². The molecule has 2 N–H and O–H groups in total. The van der Waals surface area contributed by atoms with E-state index < -0.39 is 23.7 Å². The largest absolute Gasteiger partial charge is 0.469 e. The van der Waals surface area contributed by atoms with Crippen molar-refractivity contribution < 1.29 is 19.1 Å². The second-order valence-corrected chi connectivity index (χ2v) is 7.41. The summed E-state index contributed by atoms with van der Waals surface area (Å²) in [4.78, 5) is 24.1. The van der Waals surface area contributed by atoms with Crippen molar-refractivity contribution >= 4 is 12.1 Å². The molecule has 0 saturated carbocycles. The number of aromatic amines is 1. The smallest absolute Gasteiger partial charge is 0.408 e. The Kier molecular flexibility index (Phi) is 6.25. The minimum absolute atomic E-state index is 0.00253. The predicted molar refractivity (Wildman–Crippen MR) is 102 cm³/mol. The summed E-state index contributed by atoms with van der Waals surface area (Å²) in [5.41, 5.74) is 3.95. The van der Waals surface area contributed by atoms with Crippen LogP contribution in [0.25, 0.3) is 11.1 Å². The van der Waals surface area contributed by atoms with Gasteiger partial charge in [-0.25, -0.2) is 4.79 Å². The van der Waals surface area contributed by atoms with Gasteiger partial charge in [-0.05, 0) is 51.8 Å². The summed E-state index contributed by atoms with van der Waals surface area (Å²) in [6, 6.07) is 7.09. The number of nitrogens with one attached hydrogen (secondary N) is 2. The van der Waals surface area contributed by atoms with Crippen LogP contribution in [0.4, 0.5) is 4.79 Å². The lowest BCUT2D eigenvalue weighted by molar-refractivity contribution is -0.141. The Morgan fingerprint density at radius 3 is 2.52 bits per heavy atom. The number of hydrogen-bond acceptors (Lipinski definition) is 5. The summed E-state index contributed by atoms with van der Waals surface area (Å²) in [7, 11) is 1.32. The lowest BCUT2D eigenvalue weighted by Crippen LogP contribution is -2.36. The second-order valence-electron chi connectivity index (χ2n) is 7.41. The van der Waals surface area contributed by atoms with E-state index in [1.54, 1.807) is 20.8 Å². The van der Waals surface area contributed by atoms with Crippen LogP contribution in [0.3, 0.4) is 0 Å². The molecule has 1 unspecified atom stereocenters. The summed E-state index contributed by atoms with van der Waals surface area (Å²) in [6.45, 7) is 9.23. The van der Waals surface area contributed by atoms with Gasteiger partial charge in [0.15, 0.2) is 0 Å². The monoisotopic (exact) mass is 373 g/mol. The van der Waals surface area contributed by atoms with E-state index in [-0.39, 0.29) is 6.42 Å². The third-order valence-electron chi connectivity index (χ3n) is 4.00. The Bertz CT molecular complexity index is 801. The highest BCUT2D eigenvalue weighted by Crippen LogP contribution is 2.29. The fourth-order valence-corrected chi connectivity index (χ4v) is 2.84. The van der Waals surface area contributed by atoms with Crippen molar-refractivity contribution in [3.05, 3.63) is 41.2 Å². The van der Waals surface area contributed by atoms with Crippen LogP contribution in [0, 0.1) is 13.8 Å². The maximum atomic E-state index is 12.2. The molecule has 7 nitrogen and oxygen atoms in total. The molecule has 1 aromatic carbocycles. The number of aromatic nitrogens is 2. The van der Waals surface area contributed by atoms with Crippen molar-refractivity contribution in [2.24, 2.45) is 0 Å². The van der Waals surface area contributed by atoms with Crippen LogP contribution >= 0.6 is 0 Å². The zero-order chi connectivity index (χ0) is 20.2. The number of hydrogen-bond donors (Lipinski definition) is 2. The molecule has 0 radical (unpaired) electrons. The van der Waals surface area contributed by atoms with Crippen LogP contribution in [0.1, 0.15) is 50.2 Å². The van der Waals surface area contributed by atoms with E-state index in [1.165, 1.54) is 7.11 Å². The van der Waals surface area contributed by atoms with Crippen LogP contribution < -0.4 is 5.32 Å². The fraction of sp³-hybridized carbons (Fsp3) is 0.450. The fourth-order valence-electron chi connectivity index (χ4n) is 2.84. The van der Waals surface area contributed by atoms with E-state index in [4.69, 9.17) is 9.47 Å². The number of carbonyl (C=O) groups excluding carboxylic acids is 2. The minimum atomic E-state index is -0.632. The Labute approximate surface area is 159 Å². The number of carbonyl (C=O) groups is 2. The Morgan fingerprint density at radius 1 is 1.26 bits per heavy atom. The molecule has 0 aliphatic rings. The standard InChI is InChI=1S/C20H27N3O4/c1-12-18(13(2)23-22-12)15-9-7-8-14(10-15)16(11-17(24)26-6)21-19(25)27-20(3,4)5/h7-10,16H,11H2,1-6H3,(H,21,25)(H,22,23). The molecule has 1 aromatic heterocycles. The molecule has 1 atom stereocenters. The molecule has 0 aliphatic carbocycles. The van der Waals surface area contributed by atoms with Crippen LogP contribution in [-0.4, -0.2) is 35.0 Å². The zero-order valence-electron chi connectivity index (χ0n) is 16.7. The topological polar surface area (TPSA) is 93.3 Å². The van der Waals surface area contributed by atoms with Gasteiger partial charge in [0.05, 0.1) is 25.3 Å². The maximum Gasteiger partial charge on any atom is 0.408 e. The zero-order valence-corrected chi connectivity index (χ0v) is 16.7. The van der Waals surface area contributed by atoms with Crippen molar-refractivity contribution in [3.63, 3.8) is 0 Å². The van der Waals surface area contributed by atoms with E-state index in [0.717, 1.165) is 28.1 Å². The number of benzene rings is 1. The molecular formula is C20H27N3O4. The first kappa shape index (κ1) is 20.5. The average molecular weight is 373 g/mol. The highest BCUT2D eigenvalue weighted by Gasteiger charge is 2.23. The summed E-state index contributed by atoms with van der Waals surface area (Å²) in [5, 5.41) is 9.97. The molecule has 0 fully saturated rings. The van der Waals surface area contributed by atoms with E-state index in [9.17, 15) is 9.59 Å². The Hall–Kier alpha value is -2.83. The van der Waals surface area contributed by atoms with Gasteiger partial charge in [-0.15, -0.1) is 0 Å². The lowest BCUT2D eigenvalue weighted by Gasteiger charge is -2.23. The van der Waals surface area contributed by atoms with Gasteiger partial charge in [-0.1, -0.05) is 18.2 Å². The molecule has 0 aliphatic heterocycles. The van der Waals surface area contributed by atoms with E-state index in [1.807, 2.05) is 38.1 Å². The first-order chi connectivity index (χ1) is 12.6. The Balaban J connectivity index is 2.33. The van der Waals surface area contributed by atoms with Crippen LogP contribution in [0.15, 0.2) is 24.3 Å². The number of ether oxygens (including phenoxy) is 2. The number of nitrogens with zero attached hydrogens (tertiary/aromatic N) is 1. The molecule has 7 heteroatoms. The molecule has 1 amide bonds. The third kappa shape index (κ3) is 5.57. The lowest BCUT2D eigenvalue weighted by atomic mass is 9.97. The molecule has 146 valence electrons. The van der Waals surface area contributed by atoms with Gasteiger partial charge in [0.2, 0.25) is 0 Å². The first-order valence-corrected chi connectivity index (χ1v) is 8.79. The molecule has 1 heterocycles. The molecule has 0 saturated heterocycles. The number of H-pyrrole nitrogens is 1. The van der Waals surface area contributed by atoms with Gasteiger partial charge < -0.3 is 14.8 Å². The van der Waals surface area contributed by atoms with Gasteiger partial charge in [0, 0.05) is 11.3 Å². The van der Waals surface area contributed by atoms with Gasteiger partial charge in [0.25, 0.3) is 0 Å². The number of esters is 1. The molecule has 0 bridgehead atoms. The minimum Gasteiger partial charge on any atom is -0.469 e. The maximum absolute atomic E-state index is 12.2. The molecule has 27 heavy (non-hydrogen) atoms. The average Bonchev–Trinajstić information content (AvgIpc) is 2.91.